The van der Waals surface area contributed by atoms with Crippen LogP contribution in [0.1, 0.15) is 50.9 Å². The number of esters is 1. The van der Waals surface area contributed by atoms with E-state index in [-0.39, 0.29) is 17.8 Å². The van der Waals surface area contributed by atoms with E-state index in [4.69, 9.17) is 4.74 Å². The highest BCUT2D eigenvalue weighted by molar-refractivity contribution is 5.93. The van der Waals surface area contributed by atoms with E-state index in [1.165, 1.54) is 0 Å². The van der Waals surface area contributed by atoms with E-state index in [9.17, 15) is 9.59 Å². The van der Waals surface area contributed by atoms with Gasteiger partial charge in [-0.2, -0.15) is 0 Å². The van der Waals surface area contributed by atoms with Crippen LogP contribution in [0.25, 0.3) is 0 Å². The van der Waals surface area contributed by atoms with Crippen molar-refractivity contribution in [1.82, 2.24) is 0 Å². The summed E-state index contributed by atoms with van der Waals surface area (Å²) in [5.41, 5.74) is 0.00148. The van der Waals surface area contributed by atoms with E-state index >= 15 is 0 Å². The third-order valence-electron chi connectivity index (χ3n) is 5.69. The number of ketones is 1. The molecule has 1 saturated carbocycles. The predicted molar refractivity (Wildman–Crippen MR) is 82.0 cm³/mol. The molecule has 3 heteroatoms. The highest BCUT2D eigenvalue weighted by Crippen LogP contribution is 2.56. The number of Topliss-reactive ketones (excluding diaryl/α,β-unsaturated/α-hetero) is 1. The van der Waals surface area contributed by atoms with Gasteiger partial charge in [0.1, 0.15) is 0 Å². The van der Waals surface area contributed by atoms with Crippen LogP contribution >= 0.6 is 0 Å². The van der Waals surface area contributed by atoms with Crippen LogP contribution in [0.5, 0.6) is 0 Å². The van der Waals surface area contributed by atoms with Crippen LogP contribution < -0.4 is 0 Å². The number of hydrogen-bond donors (Lipinski definition) is 0. The smallest absolute Gasteiger partial charge is 0.338 e. The average molecular weight is 288 g/mol. The van der Waals surface area contributed by atoms with Crippen LogP contribution in [0.15, 0.2) is 30.3 Å². The second-order valence-corrected chi connectivity index (χ2v) is 6.86. The van der Waals surface area contributed by atoms with Gasteiger partial charge in [0.05, 0.1) is 5.56 Å². The van der Waals surface area contributed by atoms with Gasteiger partial charge in [0.2, 0.25) is 0 Å². The summed E-state index contributed by atoms with van der Waals surface area (Å²) in [7, 11) is 0. The molecule has 1 aromatic carbocycles. The van der Waals surface area contributed by atoms with Crippen molar-refractivity contribution in [1.29, 1.82) is 0 Å². The minimum atomic E-state index is -0.434. The van der Waals surface area contributed by atoms with E-state index in [0.29, 0.717) is 11.5 Å². The normalized spacial score (nSPS) is 27.3. The number of ether oxygens (including phenoxy) is 1. The molecule has 0 saturated heterocycles. The van der Waals surface area contributed by atoms with E-state index in [2.05, 4.69) is 20.8 Å². The molecule has 0 N–H and O–H groups in total. The van der Waals surface area contributed by atoms with Crippen LogP contribution in [0, 0.1) is 16.7 Å². The Morgan fingerprint density at radius 3 is 2.33 bits per heavy atom. The van der Waals surface area contributed by atoms with Gasteiger partial charge in [-0.25, -0.2) is 4.79 Å². The van der Waals surface area contributed by atoms with Gasteiger partial charge in [0, 0.05) is 5.41 Å². The van der Waals surface area contributed by atoms with Crippen molar-refractivity contribution in [3.05, 3.63) is 35.9 Å². The van der Waals surface area contributed by atoms with Crippen molar-refractivity contribution >= 4 is 11.8 Å². The molecule has 0 bridgehead atoms. The molecule has 0 aliphatic heterocycles. The van der Waals surface area contributed by atoms with Crippen molar-refractivity contribution in [2.24, 2.45) is 16.7 Å². The first-order valence-corrected chi connectivity index (χ1v) is 7.54. The third kappa shape index (κ3) is 2.74. The Balaban J connectivity index is 2.01. The first kappa shape index (κ1) is 15.7. The topological polar surface area (TPSA) is 43.4 Å². The summed E-state index contributed by atoms with van der Waals surface area (Å²) in [6.45, 7) is 8.34. The summed E-state index contributed by atoms with van der Waals surface area (Å²) in [6, 6.07) is 8.78. The van der Waals surface area contributed by atoms with Gasteiger partial charge in [-0.15, -0.1) is 0 Å². The maximum Gasteiger partial charge on any atom is 0.338 e. The maximum absolute atomic E-state index is 12.6. The average Bonchev–Trinajstić information content (AvgIpc) is 2.69. The SMILES string of the molecule is C[C@H]1CC[C@@](C)(C(=O)COC(=O)c2ccccc2)C1(C)C. The fourth-order valence-corrected chi connectivity index (χ4v) is 3.18. The van der Waals surface area contributed by atoms with Crippen LogP contribution in [0.3, 0.4) is 0 Å². The lowest BCUT2D eigenvalue weighted by molar-refractivity contribution is -0.136. The molecule has 1 fully saturated rings. The first-order valence-electron chi connectivity index (χ1n) is 7.54. The largest absolute Gasteiger partial charge is 0.454 e. The first-order chi connectivity index (χ1) is 9.79. The molecule has 0 heterocycles. The van der Waals surface area contributed by atoms with Crippen molar-refractivity contribution in [3.63, 3.8) is 0 Å². The predicted octanol–water partition coefficient (Wildman–Crippen LogP) is 3.87. The molecule has 1 aliphatic carbocycles. The molecule has 1 aromatic rings. The zero-order valence-electron chi connectivity index (χ0n) is 13.3. The molecule has 0 radical (unpaired) electrons. The Bertz CT molecular complexity index is 533. The minimum absolute atomic E-state index is 0.0288. The van der Waals surface area contributed by atoms with Gasteiger partial charge in [-0.3, -0.25) is 4.79 Å². The van der Waals surface area contributed by atoms with Crippen LogP contribution in [0.4, 0.5) is 0 Å². The van der Waals surface area contributed by atoms with Crippen LogP contribution in [0.2, 0.25) is 0 Å². The zero-order valence-corrected chi connectivity index (χ0v) is 13.3. The fourth-order valence-electron chi connectivity index (χ4n) is 3.18. The van der Waals surface area contributed by atoms with Gasteiger partial charge < -0.3 is 4.74 Å². The quantitative estimate of drug-likeness (QED) is 0.790. The summed E-state index contributed by atoms with van der Waals surface area (Å²) >= 11 is 0. The van der Waals surface area contributed by atoms with E-state index in [0.717, 1.165) is 12.8 Å². The molecule has 0 spiro atoms. The number of carbonyl (C=O) groups excluding carboxylic acids is 2. The van der Waals surface area contributed by atoms with Gasteiger partial charge in [0.15, 0.2) is 12.4 Å². The van der Waals surface area contributed by atoms with Crippen LogP contribution in [-0.2, 0) is 9.53 Å². The molecule has 2 rings (SSSR count). The number of benzene rings is 1. The summed E-state index contributed by atoms with van der Waals surface area (Å²) in [4.78, 5) is 24.5. The molecule has 0 aromatic heterocycles. The Labute approximate surface area is 126 Å². The van der Waals surface area contributed by atoms with Gasteiger partial charge in [-0.05, 0) is 36.3 Å². The van der Waals surface area contributed by atoms with E-state index in [1.54, 1.807) is 24.3 Å². The van der Waals surface area contributed by atoms with Crippen molar-refractivity contribution in [2.45, 2.75) is 40.5 Å². The summed E-state index contributed by atoms with van der Waals surface area (Å²) in [6.07, 6.45) is 1.91. The standard InChI is InChI=1S/C18H24O3/c1-13-10-11-18(4,17(13,2)3)15(19)12-21-16(20)14-8-6-5-7-9-14/h5-9,13H,10-12H2,1-4H3/t13-,18-/m0/s1. The Morgan fingerprint density at radius 2 is 1.81 bits per heavy atom. The maximum atomic E-state index is 12.6. The Kier molecular flexibility index (Phi) is 4.22. The Morgan fingerprint density at radius 1 is 1.19 bits per heavy atom. The molecule has 0 unspecified atom stereocenters. The lowest BCUT2D eigenvalue weighted by Crippen LogP contribution is -2.42. The molecule has 2 atom stereocenters. The molecular formula is C18H24O3. The Hall–Kier alpha value is -1.64. The number of hydrogen-bond acceptors (Lipinski definition) is 3. The summed E-state index contributed by atoms with van der Waals surface area (Å²) < 4.78 is 5.21. The van der Waals surface area contributed by atoms with E-state index < -0.39 is 11.4 Å². The summed E-state index contributed by atoms with van der Waals surface area (Å²) in [5.74, 6) is 0.0915. The molecule has 0 amide bonds. The molecular weight excluding hydrogens is 264 g/mol. The second-order valence-electron chi connectivity index (χ2n) is 6.86. The lowest BCUT2D eigenvalue weighted by atomic mass is 9.64. The van der Waals surface area contributed by atoms with Crippen molar-refractivity contribution in [2.75, 3.05) is 6.61 Å². The number of carbonyl (C=O) groups is 2. The number of rotatable bonds is 4. The zero-order chi connectivity index (χ0) is 15.7. The van der Waals surface area contributed by atoms with Gasteiger partial charge in [-0.1, -0.05) is 45.9 Å². The molecule has 21 heavy (non-hydrogen) atoms. The molecule has 1 aliphatic rings. The van der Waals surface area contributed by atoms with Crippen LogP contribution in [-0.4, -0.2) is 18.4 Å². The third-order valence-corrected chi connectivity index (χ3v) is 5.69. The molecule has 114 valence electrons. The monoisotopic (exact) mass is 288 g/mol. The highest BCUT2D eigenvalue weighted by atomic mass is 16.5. The molecule has 3 nitrogen and oxygen atoms in total. The van der Waals surface area contributed by atoms with Gasteiger partial charge in [0.25, 0.3) is 0 Å². The second kappa shape index (κ2) is 5.63. The minimum Gasteiger partial charge on any atom is -0.454 e. The van der Waals surface area contributed by atoms with Gasteiger partial charge >= 0.3 is 5.97 Å². The van der Waals surface area contributed by atoms with E-state index in [1.807, 2.05) is 13.0 Å². The highest BCUT2D eigenvalue weighted by Gasteiger charge is 2.53. The summed E-state index contributed by atoms with van der Waals surface area (Å²) in [5, 5.41) is 0. The van der Waals surface area contributed by atoms with Crippen molar-refractivity contribution < 1.29 is 14.3 Å². The fraction of sp³-hybridized carbons (Fsp3) is 0.556. The van der Waals surface area contributed by atoms with Crippen molar-refractivity contribution in [3.8, 4) is 0 Å². The lowest BCUT2D eigenvalue weighted by Gasteiger charge is -2.39.